The fourth-order valence-electron chi connectivity index (χ4n) is 5.06. The van der Waals surface area contributed by atoms with Gasteiger partial charge in [-0.3, -0.25) is 9.59 Å². The van der Waals surface area contributed by atoms with Crippen LogP contribution in [0, 0.1) is 0 Å². The van der Waals surface area contributed by atoms with E-state index in [4.69, 9.17) is 16.3 Å². The average molecular weight is 470 g/mol. The highest BCUT2D eigenvalue weighted by atomic mass is 35.5. The molecule has 0 bridgehead atoms. The standard InChI is InChI=1S/C23H20ClN3O6/c1-10-6-16(28)19-13(20(10)29)9-15-12(4-5-26-22(31)25(2)23(32)27(15)26)18(19)11-7-14(24)21(30)17(8-11)33-3/h4,6-8,15,18,30H,5,9H2,1-3H3/t15-,18+/m1/s1. The van der Waals surface area contributed by atoms with Crippen molar-refractivity contribution in [2.75, 3.05) is 7.11 Å². The number of carbonyl (C=O) groups excluding carboxylic acids is 2. The fourth-order valence-corrected chi connectivity index (χ4v) is 5.28. The lowest BCUT2D eigenvalue weighted by molar-refractivity contribution is -0.116. The van der Waals surface area contributed by atoms with Gasteiger partial charge in [-0.25, -0.2) is 23.5 Å². The minimum atomic E-state index is -0.706. The van der Waals surface area contributed by atoms with Gasteiger partial charge in [0.05, 0.1) is 24.7 Å². The molecule has 2 aliphatic carbocycles. The number of nitrogens with zero attached hydrogens (tertiary/aromatic N) is 3. The number of allylic oxidation sites excluding steroid dienone is 6. The van der Waals surface area contributed by atoms with Gasteiger partial charge in [-0.05, 0) is 36.3 Å². The Morgan fingerprint density at radius 3 is 2.58 bits per heavy atom. The molecule has 0 saturated carbocycles. The number of phenolic OH excluding ortho intramolecular Hbond substituents is 1. The van der Waals surface area contributed by atoms with Crippen LogP contribution in [-0.2, 0) is 23.2 Å². The molecule has 0 fully saturated rings. The molecule has 2 aromatic rings. The van der Waals surface area contributed by atoms with Crippen molar-refractivity contribution in [1.29, 1.82) is 0 Å². The predicted octanol–water partition coefficient (Wildman–Crippen LogP) is 1.78. The van der Waals surface area contributed by atoms with E-state index in [0.717, 1.165) is 4.57 Å². The zero-order valence-corrected chi connectivity index (χ0v) is 18.8. The van der Waals surface area contributed by atoms with Crippen LogP contribution in [0.2, 0.25) is 5.02 Å². The highest BCUT2D eigenvalue weighted by Gasteiger charge is 2.44. The van der Waals surface area contributed by atoms with Gasteiger partial charge in [0.1, 0.15) is 0 Å². The van der Waals surface area contributed by atoms with Crippen molar-refractivity contribution in [2.45, 2.75) is 31.8 Å². The summed E-state index contributed by atoms with van der Waals surface area (Å²) in [4.78, 5) is 51.8. The molecule has 10 heteroatoms. The summed E-state index contributed by atoms with van der Waals surface area (Å²) in [6, 6.07) is 2.46. The van der Waals surface area contributed by atoms with Crippen molar-refractivity contribution in [3.05, 3.63) is 78.1 Å². The number of methoxy groups -OCH3 is 1. The van der Waals surface area contributed by atoms with Crippen molar-refractivity contribution in [3.63, 3.8) is 0 Å². The summed E-state index contributed by atoms with van der Waals surface area (Å²) in [7, 11) is 2.79. The first-order chi connectivity index (χ1) is 15.6. The Balaban J connectivity index is 1.81. The maximum atomic E-state index is 13.2. The van der Waals surface area contributed by atoms with E-state index in [9.17, 15) is 24.3 Å². The first-order valence-corrected chi connectivity index (χ1v) is 10.7. The SMILES string of the molecule is COc1cc([C@H]2C3=CCn4c(=O)n(C)c(=O)n4[C@@H]3CC3=C2C(=O)C=C(C)C3=O)cc(Cl)c1O. The molecule has 0 unspecified atom stereocenters. The molecule has 0 saturated heterocycles. The lowest BCUT2D eigenvalue weighted by Crippen LogP contribution is -2.40. The second kappa shape index (κ2) is 7.21. The van der Waals surface area contributed by atoms with Gasteiger partial charge in [0.2, 0.25) is 0 Å². The molecule has 1 aliphatic heterocycles. The van der Waals surface area contributed by atoms with E-state index in [1.807, 2.05) is 6.08 Å². The first kappa shape index (κ1) is 21.3. The van der Waals surface area contributed by atoms with Gasteiger partial charge in [-0.15, -0.1) is 0 Å². The number of phenols is 1. The van der Waals surface area contributed by atoms with E-state index in [0.29, 0.717) is 27.9 Å². The first-order valence-electron chi connectivity index (χ1n) is 10.3. The van der Waals surface area contributed by atoms with Crippen LogP contribution in [0.4, 0.5) is 0 Å². The summed E-state index contributed by atoms with van der Waals surface area (Å²) < 4.78 is 8.97. The molecule has 5 rings (SSSR count). The Morgan fingerprint density at radius 2 is 1.88 bits per heavy atom. The van der Waals surface area contributed by atoms with E-state index in [2.05, 4.69) is 0 Å². The second-order valence-corrected chi connectivity index (χ2v) is 8.78. The number of ketones is 2. The van der Waals surface area contributed by atoms with Crippen LogP contribution in [0.15, 0.2) is 56.2 Å². The Hall–Kier alpha value is -3.59. The van der Waals surface area contributed by atoms with Crippen LogP contribution in [0.5, 0.6) is 11.5 Å². The van der Waals surface area contributed by atoms with Crippen LogP contribution in [0.3, 0.4) is 0 Å². The molecule has 33 heavy (non-hydrogen) atoms. The zero-order chi connectivity index (χ0) is 23.8. The largest absolute Gasteiger partial charge is 0.503 e. The number of hydrogen-bond donors (Lipinski definition) is 1. The normalized spacial score (nSPS) is 21.8. The average Bonchev–Trinajstić information content (AvgIpc) is 3.02. The molecule has 3 aliphatic rings. The van der Waals surface area contributed by atoms with E-state index in [1.54, 1.807) is 13.0 Å². The van der Waals surface area contributed by atoms with Crippen LogP contribution in [-0.4, -0.2) is 37.7 Å². The number of hydrogen-bond acceptors (Lipinski definition) is 6. The van der Waals surface area contributed by atoms with Gasteiger partial charge in [0.25, 0.3) is 0 Å². The maximum Gasteiger partial charge on any atom is 0.347 e. The smallest absolute Gasteiger partial charge is 0.347 e. The van der Waals surface area contributed by atoms with Crippen molar-refractivity contribution in [2.24, 2.45) is 7.05 Å². The number of halogens is 1. The summed E-state index contributed by atoms with van der Waals surface area (Å²) in [5, 5.41) is 10.2. The van der Waals surface area contributed by atoms with Gasteiger partial charge in [-0.2, -0.15) is 0 Å². The molecular weight excluding hydrogens is 450 g/mol. The van der Waals surface area contributed by atoms with E-state index in [1.165, 1.54) is 35.7 Å². The van der Waals surface area contributed by atoms with Crippen LogP contribution >= 0.6 is 11.6 Å². The molecule has 0 amide bonds. The van der Waals surface area contributed by atoms with Crippen LogP contribution in [0.25, 0.3) is 0 Å². The second-order valence-electron chi connectivity index (χ2n) is 8.37. The van der Waals surface area contributed by atoms with Gasteiger partial charge in [-0.1, -0.05) is 17.7 Å². The third kappa shape index (κ3) is 2.85. The van der Waals surface area contributed by atoms with Crippen LogP contribution < -0.4 is 16.1 Å². The van der Waals surface area contributed by atoms with Crippen molar-refractivity contribution >= 4 is 23.2 Å². The van der Waals surface area contributed by atoms with Crippen LogP contribution in [0.1, 0.15) is 30.9 Å². The number of rotatable bonds is 2. The molecule has 0 spiro atoms. The molecular formula is C23H20ClN3O6. The van der Waals surface area contributed by atoms with Gasteiger partial charge >= 0.3 is 11.4 Å². The third-order valence-electron chi connectivity index (χ3n) is 6.62. The van der Waals surface area contributed by atoms with E-state index >= 15 is 0 Å². The highest BCUT2D eigenvalue weighted by molar-refractivity contribution is 6.32. The molecule has 1 aromatic heterocycles. The number of Topliss-reactive ketones (excluding diaryl/α,β-unsaturated/α-hetero) is 1. The molecule has 2 heterocycles. The Labute approximate surface area is 192 Å². The van der Waals surface area contributed by atoms with Crippen molar-refractivity contribution in [1.82, 2.24) is 13.9 Å². The van der Waals surface area contributed by atoms with Gasteiger partial charge in [0, 0.05) is 36.1 Å². The number of benzene rings is 1. The quantitative estimate of drug-likeness (QED) is 0.530. The monoisotopic (exact) mass is 469 g/mol. The Bertz CT molecular complexity index is 1480. The summed E-state index contributed by atoms with van der Waals surface area (Å²) in [5.41, 5.74) is 1.24. The molecule has 2 atom stereocenters. The minimum absolute atomic E-state index is 0.0279. The summed E-state index contributed by atoms with van der Waals surface area (Å²) in [6.07, 6.45) is 3.25. The highest BCUT2D eigenvalue weighted by Crippen LogP contribution is 2.51. The van der Waals surface area contributed by atoms with Gasteiger partial charge < -0.3 is 9.84 Å². The fraction of sp³-hybridized carbons (Fsp3) is 0.304. The van der Waals surface area contributed by atoms with E-state index < -0.39 is 23.3 Å². The molecule has 170 valence electrons. The number of aromatic nitrogens is 3. The van der Waals surface area contributed by atoms with Crippen molar-refractivity contribution in [3.8, 4) is 11.5 Å². The van der Waals surface area contributed by atoms with Gasteiger partial charge in [0.15, 0.2) is 23.1 Å². The number of aromatic hydroxyl groups is 1. The lowest BCUT2D eigenvalue weighted by atomic mass is 9.68. The van der Waals surface area contributed by atoms with Crippen molar-refractivity contribution < 1.29 is 19.4 Å². The summed E-state index contributed by atoms with van der Waals surface area (Å²) >= 11 is 6.25. The molecule has 0 radical (unpaired) electrons. The topological polar surface area (TPSA) is 113 Å². The Morgan fingerprint density at radius 1 is 1.15 bits per heavy atom. The molecule has 9 nitrogen and oxygen atoms in total. The molecule has 1 N–H and O–H groups in total. The molecule has 1 aromatic carbocycles. The summed E-state index contributed by atoms with van der Waals surface area (Å²) in [5.74, 6) is -1.39. The number of fused-ring (bicyclic) bond motifs is 3. The maximum absolute atomic E-state index is 13.2. The minimum Gasteiger partial charge on any atom is -0.503 e. The van der Waals surface area contributed by atoms with E-state index in [-0.39, 0.29) is 41.1 Å². The zero-order valence-electron chi connectivity index (χ0n) is 18.1. The lowest BCUT2D eigenvalue weighted by Gasteiger charge is -2.39. The number of carbonyl (C=O) groups is 2. The summed E-state index contributed by atoms with van der Waals surface area (Å²) in [6.45, 7) is 1.72. The number of ether oxygens (including phenoxy) is 1. The predicted molar refractivity (Wildman–Crippen MR) is 119 cm³/mol. The Kier molecular flexibility index (Phi) is 4.65. The third-order valence-corrected chi connectivity index (χ3v) is 6.91.